The van der Waals surface area contributed by atoms with Crippen LogP contribution < -0.4 is 9.47 Å². The van der Waals surface area contributed by atoms with Crippen LogP contribution in [0.5, 0.6) is 11.5 Å². The zero-order valence-corrected chi connectivity index (χ0v) is 10.0. The molecule has 1 aliphatic carbocycles. The molecule has 18 heavy (non-hydrogen) atoms. The van der Waals surface area contributed by atoms with Gasteiger partial charge in [-0.1, -0.05) is 0 Å². The maximum absolute atomic E-state index is 11.0. The van der Waals surface area contributed by atoms with Crippen LogP contribution in [0.3, 0.4) is 0 Å². The molecule has 98 valence electrons. The third-order valence-electron chi connectivity index (χ3n) is 3.06. The Bertz CT molecular complexity index is 448. The van der Waals surface area contributed by atoms with Crippen LogP contribution in [0.1, 0.15) is 19.3 Å². The highest BCUT2D eigenvalue weighted by Crippen LogP contribution is 2.34. The normalized spacial score (nSPS) is 22.8. The number of rotatable bonds is 4. The van der Waals surface area contributed by atoms with Crippen LogP contribution in [0.25, 0.3) is 0 Å². The van der Waals surface area contributed by atoms with Crippen molar-refractivity contribution in [2.75, 3.05) is 7.11 Å². The van der Waals surface area contributed by atoms with Gasteiger partial charge in [0.25, 0.3) is 0 Å². The second-order valence-corrected chi connectivity index (χ2v) is 4.25. The highest BCUT2D eigenvalue weighted by molar-refractivity contribution is 5.51. The number of nitro groups is 1. The summed E-state index contributed by atoms with van der Waals surface area (Å²) in [5, 5.41) is 20.6. The predicted molar refractivity (Wildman–Crippen MR) is 63.9 cm³/mol. The lowest BCUT2D eigenvalue weighted by Crippen LogP contribution is -2.25. The van der Waals surface area contributed by atoms with Gasteiger partial charge < -0.3 is 14.6 Å². The summed E-state index contributed by atoms with van der Waals surface area (Å²) in [7, 11) is 1.44. The average molecular weight is 253 g/mol. The minimum absolute atomic E-state index is 0.145. The van der Waals surface area contributed by atoms with E-state index in [1.54, 1.807) is 6.07 Å². The Labute approximate surface area is 104 Å². The molecule has 1 aromatic carbocycles. The quantitative estimate of drug-likeness (QED) is 0.654. The van der Waals surface area contributed by atoms with Gasteiger partial charge in [-0.05, 0) is 31.4 Å². The lowest BCUT2D eigenvalue weighted by molar-refractivity contribution is -0.386. The molecule has 1 saturated carbocycles. The van der Waals surface area contributed by atoms with Gasteiger partial charge in [-0.15, -0.1) is 0 Å². The molecule has 2 rings (SSSR count). The third-order valence-corrected chi connectivity index (χ3v) is 3.06. The second kappa shape index (κ2) is 5.22. The average Bonchev–Trinajstić information content (AvgIpc) is 2.75. The van der Waals surface area contributed by atoms with E-state index in [-0.39, 0.29) is 17.5 Å². The summed E-state index contributed by atoms with van der Waals surface area (Å²) in [6, 6.07) is 4.42. The predicted octanol–water partition coefficient (Wildman–Crippen LogP) is 1.90. The molecule has 0 spiro atoms. The monoisotopic (exact) mass is 253 g/mol. The van der Waals surface area contributed by atoms with E-state index in [1.807, 2.05) is 0 Å². The number of hydrogen-bond donors (Lipinski definition) is 1. The smallest absolute Gasteiger partial charge is 0.314 e. The summed E-state index contributed by atoms with van der Waals surface area (Å²) >= 11 is 0. The van der Waals surface area contributed by atoms with E-state index in [0.717, 1.165) is 6.42 Å². The van der Waals surface area contributed by atoms with Crippen molar-refractivity contribution in [3.63, 3.8) is 0 Å². The fraction of sp³-hybridized carbons (Fsp3) is 0.500. The van der Waals surface area contributed by atoms with Crippen molar-refractivity contribution in [3.8, 4) is 11.5 Å². The van der Waals surface area contributed by atoms with Crippen LogP contribution in [0.15, 0.2) is 18.2 Å². The molecular formula is C12H15NO5. The van der Waals surface area contributed by atoms with Crippen LogP contribution in [0.4, 0.5) is 5.69 Å². The minimum Gasteiger partial charge on any atom is -0.496 e. The second-order valence-electron chi connectivity index (χ2n) is 4.25. The number of methoxy groups -OCH3 is 1. The molecule has 0 unspecified atom stereocenters. The molecule has 1 aromatic rings. The topological polar surface area (TPSA) is 81.8 Å². The largest absolute Gasteiger partial charge is 0.496 e. The first-order valence-corrected chi connectivity index (χ1v) is 5.79. The van der Waals surface area contributed by atoms with Crippen molar-refractivity contribution >= 4 is 5.69 Å². The van der Waals surface area contributed by atoms with Crippen LogP contribution in [-0.2, 0) is 0 Å². The number of ether oxygens (including phenoxy) is 2. The van der Waals surface area contributed by atoms with E-state index in [0.29, 0.717) is 18.6 Å². The van der Waals surface area contributed by atoms with Gasteiger partial charge in [0, 0.05) is 0 Å². The lowest BCUT2D eigenvalue weighted by Gasteiger charge is -2.17. The number of nitro benzene ring substituents is 1. The Morgan fingerprint density at radius 3 is 2.78 bits per heavy atom. The van der Waals surface area contributed by atoms with Crippen LogP contribution in [0, 0.1) is 10.1 Å². The van der Waals surface area contributed by atoms with Gasteiger partial charge >= 0.3 is 5.69 Å². The summed E-state index contributed by atoms with van der Waals surface area (Å²) in [6.07, 6.45) is 1.35. The van der Waals surface area contributed by atoms with E-state index >= 15 is 0 Å². The van der Waals surface area contributed by atoms with Crippen molar-refractivity contribution in [2.24, 2.45) is 0 Å². The van der Waals surface area contributed by atoms with E-state index in [2.05, 4.69) is 0 Å². The minimum atomic E-state index is -0.549. The maximum atomic E-state index is 11.0. The molecule has 0 amide bonds. The third kappa shape index (κ3) is 2.53. The molecule has 1 fully saturated rings. The molecule has 0 aromatic heterocycles. The first-order chi connectivity index (χ1) is 8.61. The first-order valence-electron chi connectivity index (χ1n) is 5.79. The van der Waals surface area contributed by atoms with Gasteiger partial charge in [-0.3, -0.25) is 10.1 Å². The molecule has 1 aliphatic rings. The molecule has 0 saturated heterocycles. The van der Waals surface area contributed by atoms with Gasteiger partial charge in [0.2, 0.25) is 0 Å². The Kier molecular flexibility index (Phi) is 3.66. The number of aliphatic hydroxyl groups excluding tert-OH is 1. The highest BCUT2D eigenvalue weighted by atomic mass is 16.6. The number of hydrogen-bond acceptors (Lipinski definition) is 5. The first kappa shape index (κ1) is 12.6. The Hall–Kier alpha value is -1.82. The Morgan fingerprint density at radius 1 is 1.44 bits per heavy atom. The maximum Gasteiger partial charge on any atom is 0.314 e. The molecule has 0 bridgehead atoms. The van der Waals surface area contributed by atoms with Crippen LogP contribution >= 0.6 is 0 Å². The lowest BCUT2D eigenvalue weighted by atomic mass is 10.2. The zero-order valence-electron chi connectivity index (χ0n) is 10.0. The van der Waals surface area contributed by atoms with Gasteiger partial charge in [-0.25, -0.2) is 0 Å². The summed E-state index contributed by atoms with van der Waals surface area (Å²) in [5.74, 6) is 0.577. The number of benzene rings is 1. The molecular weight excluding hydrogens is 238 g/mol. The van der Waals surface area contributed by atoms with Gasteiger partial charge in [0.1, 0.15) is 11.9 Å². The van der Waals surface area contributed by atoms with Crippen molar-refractivity contribution in [2.45, 2.75) is 31.5 Å². The Balaban J connectivity index is 2.23. The van der Waals surface area contributed by atoms with E-state index in [1.165, 1.54) is 19.2 Å². The number of aliphatic hydroxyl groups is 1. The summed E-state index contributed by atoms with van der Waals surface area (Å²) in [5.41, 5.74) is -0.145. The van der Waals surface area contributed by atoms with E-state index in [4.69, 9.17) is 9.47 Å². The standard InChI is InChI=1S/C12H15NO5/c1-17-8-5-6-11(9(7-8)13(15)16)18-12-4-2-3-10(12)14/h5-7,10,12,14H,2-4H2,1H3/t10-,12-/m0/s1. The van der Waals surface area contributed by atoms with E-state index in [9.17, 15) is 15.2 Å². The molecule has 1 N–H and O–H groups in total. The van der Waals surface area contributed by atoms with Crippen molar-refractivity contribution in [3.05, 3.63) is 28.3 Å². The fourth-order valence-electron chi connectivity index (χ4n) is 2.07. The summed E-state index contributed by atoms with van der Waals surface area (Å²) < 4.78 is 10.5. The highest BCUT2D eigenvalue weighted by Gasteiger charge is 2.29. The molecule has 0 radical (unpaired) electrons. The molecule has 6 nitrogen and oxygen atoms in total. The van der Waals surface area contributed by atoms with E-state index < -0.39 is 11.0 Å². The van der Waals surface area contributed by atoms with Gasteiger partial charge in [-0.2, -0.15) is 0 Å². The van der Waals surface area contributed by atoms with Crippen molar-refractivity contribution < 1.29 is 19.5 Å². The molecule has 2 atom stereocenters. The molecule has 0 heterocycles. The van der Waals surface area contributed by atoms with Crippen molar-refractivity contribution in [1.82, 2.24) is 0 Å². The van der Waals surface area contributed by atoms with Gasteiger partial charge in [0.05, 0.1) is 24.2 Å². The summed E-state index contributed by atoms with van der Waals surface area (Å²) in [6.45, 7) is 0. The van der Waals surface area contributed by atoms with Crippen LogP contribution in [0.2, 0.25) is 0 Å². The summed E-state index contributed by atoms with van der Waals surface area (Å²) in [4.78, 5) is 10.4. The van der Waals surface area contributed by atoms with Crippen molar-refractivity contribution in [1.29, 1.82) is 0 Å². The van der Waals surface area contributed by atoms with Crippen LogP contribution in [-0.4, -0.2) is 29.3 Å². The van der Waals surface area contributed by atoms with Gasteiger partial charge in [0.15, 0.2) is 5.75 Å². The number of nitrogens with zero attached hydrogens (tertiary/aromatic N) is 1. The molecule has 0 aliphatic heterocycles. The Morgan fingerprint density at radius 2 is 2.22 bits per heavy atom. The fourth-order valence-corrected chi connectivity index (χ4v) is 2.07. The SMILES string of the molecule is COc1ccc(O[C@H]2CCC[C@@H]2O)c([N+](=O)[O-])c1. The zero-order chi connectivity index (χ0) is 13.1. The molecule has 6 heteroatoms.